The van der Waals surface area contributed by atoms with Crippen molar-refractivity contribution in [3.63, 3.8) is 0 Å². The van der Waals surface area contributed by atoms with Gasteiger partial charge < -0.3 is 15.0 Å². The van der Waals surface area contributed by atoms with E-state index in [0.29, 0.717) is 19.6 Å². The number of pyridine rings is 1. The first-order chi connectivity index (χ1) is 9.83. The molecule has 1 unspecified atom stereocenters. The third-order valence-corrected chi connectivity index (χ3v) is 3.52. The van der Waals surface area contributed by atoms with Crippen LogP contribution in [0.4, 0.5) is 0 Å². The predicted molar refractivity (Wildman–Crippen MR) is 77.3 cm³/mol. The lowest BCUT2D eigenvalue weighted by molar-refractivity contribution is -0.134. The van der Waals surface area contributed by atoms with Gasteiger partial charge in [0.05, 0.1) is 6.04 Å². The van der Waals surface area contributed by atoms with Crippen LogP contribution in [0.2, 0.25) is 0 Å². The lowest BCUT2D eigenvalue weighted by Crippen LogP contribution is -2.48. The number of nitrogens with one attached hydrogen (secondary N) is 1. The van der Waals surface area contributed by atoms with Crippen molar-refractivity contribution in [3.8, 4) is 0 Å². The Morgan fingerprint density at radius 2 is 2.50 bits per heavy atom. The predicted octanol–water partition coefficient (Wildman–Crippen LogP) is 1.37. The van der Waals surface area contributed by atoms with Crippen molar-refractivity contribution in [2.45, 2.75) is 25.8 Å². The van der Waals surface area contributed by atoms with Gasteiger partial charge in [0, 0.05) is 51.7 Å². The van der Waals surface area contributed by atoms with Crippen LogP contribution in [0.25, 0.3) is 0 Å². The molecule has 1 aromatic heterocycles. The number of rotatable bonds is 6. The minimum absolute atomic E-state index is 0.0945. The van der Waals surface area contributed by atoms with Gasteiger partial charge in [-0.2, -0.15) is 0 Å². The summed E-state index contributed by atoms with van der Waals surface area (Å²) < 4.78 is 5.29. The molecule has 1 aliphatic rings. The Labute approximate surface area is 120 Å². The van der Waals surface area contributed by atoms with Crippen molar-refractivity contribution in [1.82, 2.24) is 15.2 Å². The van der Waals surface area contributed by atoms with Crippen LogP contribution in [0.5, 0.6) is 0 Å². The van der Waals surface area contributed by atoms with Crippen LogP contribution < -0.4 is 5.32 Å². The summed E-state index contributed by atoms with van der Waals surface area (Å²) in [6.07, 6.45) is 4.94. The van der Waals surface area contributed by atoms with E-state index in [4.69, 9.17) is 4.74 Å². The number of nitrogens with zero attached hydrogens (tertiary/aromatic N) is 2. The summed E-state index contributed by atoms with van der Waals surface area (Å²) in [5.41, 5.74) is 1.10. The minimum atomic E-state index is 0.0945. The minimum Gasteiger partial charge on any atom is -0.382 e. The molecule has 1 saturated heterocycles. The molecule has 0 radical (unpaired) electrons. The Morgan fingerprint density at radius 3 is 3.25 bits per heavy atom. The Bertz CT molecular complexity index is 411. The molecule has 20 heavy (non-hydrogen) atoms. The molecule has 2 heterocycles. The van der Waals surface area contributed by atoms with Crippen LogP contribution in [0.3, 0.4) is 0 Å². The second kappa shape index (κ2) is 7.97. The van der Waals surface area contributed by atoms with Crippen LogP contribution in [0, 0.1) is 0 Å². The highest BCUT2D eigenvalue weighted by Gasteiger charge is 2.27. The maximum Gasteiger partial charge on any atom is 0.223 e. The quantitative estimate of drug-likeness (QED) is 0.798. The Kier molecular flexibility index (Phi) is 5.95. The fourth-order valence-corrected chi connectivity index (χ4v) is 2.49. The number of hydrogen-bond acceptors (Lipinski definition) is 4. The molecule has 5 heteroatoms. The average Bonchev–Trinajstić information content (AvgIpc) is 2.52. The first-order valence-electron chi connectivity index (χ1n) is 7.30. The molecule has 0 spiro atoms. The van der Waals surface area contributed by atoms with Gasteiger partial charge in [0.2, 0.25) is 5.91 Å². The summed E-state index contributed by atoms with van der Waals surface area (Å²) >= 11 is 0. The fourth-order valence-electron chi connectivity index (χ4n) is 2.49. The summed E-state index contributed by atoms with van der Waals surface area (Å²) in [7, 11) is 0. The van der Waals surface area contributed by atoms with E-state index in [1.54, 1.807) is 6.20 Å². The number of carbonyl (C=O) groups is 1. The topological polar surface area (TPSA) is 54.5 Å². The third kappa shape index (κ3) is 4.02. The van der Waals surface area contributed by atoms with E-state index in [1.807, 2.05) is 30.2 Å². The molecular weight excluding hydrogens is 254 g/mol. The molecular formula is C15H23N3O2. The largest absolute Gasteiger partial charge is 0.382 e. The van der Waals surface area contributed by atoms with Gasteiger partial charge >= 0.3 is 0 Å². The second-order valence-electron chi connectivity index (χ2n) is 4.89. The smallest absolute Gasteiger partial charge is 0.223 e. The van der Waals surface area contributed by atoms with Gasteiger partial charge in [-0.05, 0) is 25.0 Å². The van der Waals surface area contributed by atoms with E-state index in [9.17, 15) is 4.79 Å². The summed E-state index contributed by atoms with van der Waals surface area (Å²) in [5.74, 6) is 0.208. The first kappa shape index (κ1) is 14.9. The highest BCUT2D eigenvalue weighted by molar-refractivity contribution is 5.76. The molecule has 1 amide bonds. The normalized spacial score (nSPS) is 19.1. The van der Waals surface area contributed by atoms with E-state index in [1.165, 1.54) is 0 Å². The summed E-state index contributed by atoms with van der Waals surface area (Å²) in [4.78, 5) is 18.5. The van der Waals surface area contributed by atoms with E-state index in [0.717, 1.165) is 31.6 Å². The molecule has 1 fully saturated rings. The van der Waals surface area contributed by atoms with E-state index >= 15 is 0 Å². The molecule has 0 aliphatic carbocycles. The molecule has 1 aliphatic heterocycles. The fraction of sp³-hybridized carbons (Fsp3) is 0.600. The zero-order valence-corrected chi connectivity index (χ0v) is 12.0. The molecule has 0 saturated carbocycles. The maximum absolute atomic E-state index is 12.4. The molecule has 1 atom stereocenters. The van der Waals surface area contributed by atoms with Crippen LogP contribution in [0.1, 0.15) is 31.4 Å². The zero-order chi connectivity index (χ0) is 14.2. The SMILES string of the molecule is CCOCCCC(=O)N1CCNCC1c1cccnc1. The standard InChI is InChI=1S/C15H23N3O2/c1-2-20-10-4-6-15(19)18-9-8-17-12-14(18)13-5-3-7-16-11-13/h3,5,7,11,14,17H,2,4,6,8-10,12H2,1H3. The number of piperazine rings is 1. The number of ether oxygens (including phenoxy) is 1. The van der Waals surface area contributed by atoms with Crippen molar-refractivity contribution in [3.05, 3.63) is 30.1 Å². The van der Waals surface area contributed by atoms with Crippen molar-refractivity contribution >= 4 is 5.91 Å². The Balaban J connectivity index is 1.94. The van der Waals surface area contributed by atoms with Gasteiger partial charge in [0.25, 0.3) is 0 Å². The third-order valence-electron chi connectivity index (χ3n) is 3.52. The van der Waals surface area contributed by atoms with Crippen LogP contribution in [0.15, 0.2) is 24.5 Å². The number of amides is 1. The van der Waals surface area contributed by atoms with E-state index in [-0.39, 0.29) is 11.9 Å². The van der Waals surface area contributed by atoms with Crippen LogP contribution >= 0.6 is 0 Å². The molecule has 1 N–H and O–H groups in total. The van der Waals surface area contributed by atoms with Crippen molar-refractivity contribution < 1.29 is 9.53 Å². The molecule has 0 bridgehead atoms. The van der Waals surface area contributed by atoms with Crippen molar-refractivity contribution in [1.29, 1.82) is 0 Å². The van der Waals surface area contributed by atoms with Gasteiger partial charge in [0.1, 0.15) is 0 Å². The molecule has 110 valence electrons. The molecule has 5 nitrogen and oxygen atoms in total. The lowest BCUT2D eigenvalue weighted by Gasteiger charge is -2.36. The number of aromatic nitrogens is 1. The van der Waals surface area contributed by atoms with Crippen molar-refractivity contribution in [2.24, 2.45) is 0 Å². The van der Waals surface area contributed by atoms with E-state index < -0.39 is 0 Å². The second-order valence-corrected chi connectivity index (χ2v) is 4.89. The van der Waals surface area contributed by atoms with Gasteiger partial charge in [0.15, 0.2) is 0 Å². The summed E-state index contributed by atoms with van der Waals surface area (Å²) in [6.45, 7) is 5.74. The van der Waals surface area contributed by atoms with Gasteiger partial charge in [-0.15, -0.1) is 0 Å². The summed E-state index contributed by atoms with van der Waals surface area (Å²) in [5, 5.41) is 3.35. The zero-order valence-electron chi connectivity index (χ0n) is 12.0. The van der Waals surface area contributed by atoms with Gasteiger partial charge in [-0.3, -0.25) is 9.78 Å². The van der Waals surface area contributed by atoms with Gasteiger partial charge in [-0.25, -0.2) is 0 Å². The Morgan fingerprint density at radius 1 is 1.60 bits per heavy atom. The lowest BCUT2D eigenvalue weighted by atomic mass is 10.0. The van der Waals surface area contributed by atoms with Crippen molar-refractivity contribution in [2.75, 3.05) is 32.8 Å². The summed E-state index contributed by atoms with van der Waals surface area (Å²) in [6, 6.07) is 4.05. The monoisotopic (exact) mass is 277 g/mol. The van der Waals surface area contributed by atoms with Crippen LogP contribution in [-0.2, 0) is 9.53 Å². The van der Waals surface area contributed by atoms with Gasteiger partial charge in [-0.1, -0.05) is 6.07 Å². The highest BCUT2D eigenvalue weighted by Crippen LogP contribution is 2.22. The average molecular weight is 277 g/mol. The highest BCUT2D eigenvalue weighted by atomic mass is 16.5. The number of carbonyl (C=O) groups excluding carboxylic acids is 1. The molecule has 2 rings (SSSR count). The number of hydrogen-bond donors (Lipinski definition) is 1. The van der Waals surface area contributed by atoms with Crippen LogP contribution in [-0.4, -0.2) is 48.6 Å². The first-order valence-corrected chi connectivity index (χ1v) is 7.30. The molecule has 0 aromatic carbocycles. The van der Waals surface area contributed by atoms with E-state index in [2.05, 4.69) is 10.3 Å². The maximum atomic E-state index is 12.4. The molecule has 1 aromatic rings. The Hall–Kier alpha value is -1.46.